The van der Waals surface area contributed by atoms with Crippen molar-refractivity contribution in [2.45, 2.75) is 63.3 Å². The van der Waals surface area contributed by atoms with Crippen LogP contribution in [0, 0.1) is 12.8 Å². The van der Waals surface area contributed by atoms with E-state index >= 15 is 0 Å². The summed E-state index contributed by atoms with van der Waals surface area (Å²) in [4.78, 5) is 12.6. The van der Waals surface area contributed by atoms with Gasteiger partial charge in [0.05, 0.1) is 0 Å². The standard InChI is InChI=1S/C17H26N2O4S/c1-12-7-3-4-8-14(12)18-17(20)15-11-16(13(2)23-15)24(21,22)19-9-5-6-10-19/h11-12,14H,3-10H2,1-2H3,(H,18,20). The second-order valence-electron chi connectivity index (χ2n) is 6.98. The number of hydrogen-bond donors (Lipinski definition) is 1. The van der Waals surface area contributed by atoms with E-state index in [0.29, 0.717) is 19.0 Å². The summed E-state index contributed by atoms with van der Waals surface area (Å²) in [6, 6.07) is 1.52. The van der Waals surface area contributed by atoms with Crippen LogP contribution in [0.3, 0.4) is 0 Å². The summed E-state index contributed by atoms with van der Waals surface area (Å²) in [5, 5.41) is 3.01. The Hall–Kier alpha value is -1.34. The summed E-state index contributed by atoms with van der Waals surface area (Å²) in [6.45, 7) is 4.81. The number of aryl methyl sites for hydroxylation is 1. The van der Waals surface area contributed by atoms with E-state index in [1.165, 1.54) is 16.8 Å². The number of nitrogens with one attached hydrogen (secondary N) is 1. The third kappa shape index (κ3) is 3.37. The monoisotopic (exact) mass is 354 g/mol. The van der Waals surface area contributed by atoms with Gasteiger partial charge in [-0.25, -0.2) is 8.42 Å². The molecule has 0 bridgehead atoms. The summed E-state index contributed by atoms with van der Waals surface area (Å²) in [5.41, 5.74) is 0. The molecule has 1 saturated carbocycles. The number of rotatable bonds is 4. The van der Waals surface area contributed by atoms with Gasteiger partial charge in [0.25, 0.3) is 5.91 Å². The van der Waals surface area contributed by atoms with Crippen LogP contribution in [-0.4, -0.2) is 37.8 Å². The molecule has 1 amide bonds. The van der Waals surface area contributed by atoms with Crippen molar-refractivity contribution in [3.63, 3.8) is 0 Å². The van der Waals surface area contributed by atoms with Crippen LogP contribution in [0.1, 0.15) is 61.8 Å². The van der Waals surface area contributed by atoms with Crippen molar-refractivity contribution in [1.82, 2.24) is 9.62 Å². The first-order valence-electron chi connectivity index (χ1n) is 8.81. The lowest BCUT2D eigenvalue weighted by atomic mass is 9.86. The number of furan rings is 1. The summed E-state index contributed by atoms with van der Waals surface area (Å²) < 4.78 is 32.3. The first kappa shape index (κ1) is 17.5. The molecule has 2 heterocycles. The third-order valence-electron chi connectivity index (χ3n) is 5.21. The highest BCUT2D eigenvalue weighted by Gasteiger charge is 2.32. The zero-order valence-corrected chi connectivity index (χ0v) is 15.2. The van der Waals surface area contributed by atoms with Gasteiger partial charge in [-0.2, -0.15) is 4.31 Å². The average Bonchev–Trinajstić information content (AvgIpc) is 3.19. The Morgan fingerprint density at radius 1 is 1.21 bits per heavy atom. The Balaban J connectivity index is 1.77. The van der Waals surface area contributed by atoms with Crippen LogP contribution in [0.5, 0.6) is 0 Å². The average molecular weight is 354 g/mol. The number of sulfonamides is 1. The molecule has 2 fully saturated rings. The maximum absolute atomic E-state index is 12.7. The van der Waals surface area contributed by atoms with Gasteiger partial charge < -0.3 is 9.73 Å². The minimum absolute atomic E-state index is 0.0862. The van der Waals surface area contributed by atoms with Gasteiger partial charge in [-0.1, -0.05) is 19.8 Å². The van der Waals surface area contributed by atoms with Crippen molar-refractivity contribution in [3.05, 3.63) is 17.6 Å². The maximum atomic E-state index is 12.7. The molecule has 2 unspecified atom stereocenters. The number of hydrogen-bond acceptors (Lipinski definition) is 4. The predicted octanol–water partition coefficient (Wildman–Crippen LogP) is 2.68. The van der Waals surface area contributed by atoms with Gasteiger partial charge in [-0.05, 0) is 38.5 Å². The van der Waals surface area contributed by atoms with Crippen molar-refractivity contribution < 1.29 is 17.6 Å². The summed E-state index contributed by atoms with van der Waals surface area (Å²) in [5.74, 6) is 0.484. The summed E-state index contributed by atoms with van der Waals surface area (Å²) in [6.07, 6.45) is 6.14. The Bertz CT molecular complexity index is 704. The van der Waals surface area contributed by atoms with Crippen LogP contribution >= 0.6 is 0 Å². The molecule has 0 aromatic carbocycles. The Morgan fingerprint density at radius 3 is 2.54 bits per heavy atom. The molecule has 3 rings (SSSR count). The highest BCUT2D eigenvalue weighted by atomic mass is 32.2. The molecule has 1 N–H and O–H groups in total. The molecule has 1 aromatic rings. The van der Waals surface area contributed by atoms with Gasteiger partial charge >= 0.3 is 0 Å². The Labute approximate surface area is 143 Å². The normalized spacial score (nSPS) is 25.8. The summed E-state index contributed by atoms with van der Waals surface area (Å²) in [7, 11) is -3.57. The van der Waals surface area contributed by atoms with Crippen molar-refractivity contribution in [2.24, 2.45) is 5.92 Å². The fraction of sp³-hybridized carbons (Fsp3) is 0.706. The molecule has 0 spiro atoms. The van der Waals surface area contributed by atoms with E-state index in [4.69, 9.17) is 4.42 Å². The molecule has 0 radical (unpaired) electrons. The molecule has 6 nitrogen and oxygen atoms in total. The van der Waals surface area contributed by atoms with E-state index in [-0.39, 0.29) is 28.4 Å². The molecular weight excluding hydrogens is 328 g/mol. The smallest absolute Gasteiger partial charge is 0.287 e. The molecule has 1 aliphatic heterocycles. The third-order valence-corrected chi connectivity index (χ3v) is 7.21. The van der Waals surface area contributed by atoms with Gasteiger partial charge in [0, 0.05) is 25.2 Å². The van der Waals surface area contributed by atoms with E-state index in [1.807, 2.05) is 0 Å². The highest BCUT2D eigenvalue weighted by Crippen LogP contribution is 2.27. The van der Waals surface area contributed by atoms with Crippen molar-refractivity contribution in [1.29, 1.82) is 0 Å². The molecule has 24 heavy (non-hydrogen) atoms. The molecule has 1 saturated heterocycles. The second kappa shape index (κ2) is 6.88. The lowest BCUT2D eigenvalue weighted by Gasteiger charge is -2.29. The van der Waals surface area contributed by atoms with Crippen molar-refractivity contribution in [2.75, 3.05) is 13.1 Å². The fourth-order valence-electron chi connectivity index (χ4n) is 3.67. The number of carbonyl (C=O) groups is 1. The molecule has 1 aromatic heterocycles. The van der Waals surface area contributed by atoms with Crippen LogP contribution in [0.2, 0.25) is 0 Å². The van der Waals surface area contributed by atoms with E-state index in [0.717, 1.165) is 32.1 Å². The Morgan fingerprint density at radius 2 is 1.88 bits per heavy atom. The van der Waals surface area contributed by atoms with Gasteiger partial charge in [0.2, 0.25) is 10.0 Å². The second-order valence-corrected chi connectivity index (χ2v) is 8.89. The van der Waals surface area contributed by atoms with Crippen LogP contribution in [0.25, 0.3) is 0 Å². The molecule has 2 aliphatic rings. The van der Waals surface area contributed by atoms with Crippen molar-refractivity contribution in [3.8, 4) is 0 Å². The maximum Gasteiger partial charge on any atom is 0.287 e. The zero-order valence-electron chi connectivity index (χ0n) is 14.4. The first-order valence-corrected chi connectivity index (χ1v) is 10.2. The summed E-state index contributed by atoms with van der Waals surface area (Å²) >= 11 is 0. The lowest BCUT2D eigenvalue weighted by molar-refractivity contribution is 0.0880. The minimum atomic E-state index is -3.57. The SMILES string of the molecule is Cc1oc(C(=O)NC2CCCCC2C)cc1S(=O)(=O)N1CCCC1. The van der Waals surface area contributed by atoms with Gasteiger partial charge in [-0.3, -0.25) is 4.79 Å². The first-order chi connectivity index (χ1) is 11.4. The van der Waals surface area contributed by atoms with Gasteiger partial charge in [0.15, 0.2) is 5.76 Å². The number of amides is 1. The largest absolute Gasteiger partial charge is 0.455 e. The quantitative estimate of drug-likeness (QED) is 0.901. The van der Waals surface area contributed by atoms with E-state index < -0.39 is 10.0 Å². The topological polar surface area (TPSA) is 79.6 Å². The van der Waals surface area contributed by atoms with Crippen LogP contribution in [0.15, 0.2) is 15.4 Å². The number of nitrogens with zero attached hydrogens (tertiary/aromatic N) is 1. The minimum Gasteiger partial charge on any atom is -0.455 e. The van der Waals surface area contributed by atoms with Crippen molar-refractivity contribution >= 4 is 15.9 Å². The predicted molar refractivity (Wildman–Crippen MR) is 90.3 cm³/mol. The van der Waals surface area contributed by atoms with Crippen LogP contribution in [0.4, 0.5) is 0 Å². The lowest BCUT2D eigenvalue weighted by Crippen LogP contribution is -2.40. The van der Waals surface area contributed by atoms with E-state index in [1.54, 1.807) is 6.92 Å². The van der Waals surface area contributed by atoms with Gasteiger partial charge in [0.1, 0.15) is 10.7 Å². The molecule has 7 heteroatoms. The highest BCUT2D eigenvalue weighted by molar-refractivity contribution is 7.89. The number of carbonyl (C=O) groups excluding carboxylic acids is 1. The fourth-order valence-corrected chi connectivity index (χ4v) is 5.35. The molecule has 1 aliphatic carbocycles. The van der Waals surface area contributed by atoms with Gasteiger partial charge in [-0.15, -0.1) is 0 Å². The van der Waals surface area contributed by atoms with Crippen LogP contribution in [-0.2, 0) is 10.0 Å². The molecular formula is C17H26N2O4S. The van der Waals surface area contributed by atoms with E-state index in [9.17, 15) is 13.2 Å². The Kier molecular flexibility index (Phi) is 5.01. The van der Waals surface area contributed by atoms with Crippen LogP contribution < -0.4 is 5.32 Å². The molecule has 2 atom stereocenters. The molecule has 134 valence electrons. The van der Waals surface area contributed by atoms with E-state index in [2.05, 4.69) is 12.2 Å². The zero-order chi connectivity index (χ0) is 17.3.